The molecular formula is C19H13ClN6O3. The molecule has 2 aromatic heterocycles. The van der Waals surface area contributed by atoms with Crippen molar-refractivity contribution < 1.29 is 9.47 Å². The van der Waals surface area contributed by atoms with Gasteiger partial charge < -0.3 is 14.8 Å². The van der Waals surface area contributed by atoms with Crippen LogP contribution in [0, 0.1) is 0 Å². The molecule has 2 aromatic carbocycles. The summed E-state index contributed by atoms with van der Waals surface area (Å²) in [6.45, 7) is 0.182. The van der Waals surface area contributed by atoms with Gasteiger partial charge in [0.15, 0.2) is 17.2 Å². The number of nitrogens with zero attached hydrogens (tertiary/aromatic N) is 5. The second kappa shape index (κ2) is 6.95. The summed E-state index contributed by atoms with van der Waals surface area (Å²) in [7, 11) is 0. The number of hydrogen-bond acceptors (Lipinski definition) is 7. The first-order valence-electron chi connectivity index (χ1n) is 8.59. The van der Waals surface area contributed by atoms with Crippen LogP contribution < -0.4 is 20.3 Å². The third-order valence-electron chi connectivity index (χ3n) is 4.32. The largest absolute Gasteiger partial charge is 0.454 e. The summed E-state index contributed by atoms with van der Waals surface area (Å²) in [4.78, 5) is 17.2. The van der Waals surface area contributed by atoms with E-state index in [9.17, 15) is 4.79 Å². The van der Waals surface area contributed by atoms with E-state index < -0.39 is 0 Å². The van der Waals surface area contributed by atoms with Crippen molar-refractivity contribution in [3.63, 3.8) is 0 Å². The molecule has 0 spiro atoms. The predicted molar refractivity (Wildman–Crippen MR) is 106 cm³/mol. The minimum Gasteiger partial charge on any atom is -0.454 e. The Hall–Kier alpha value is -3.85. The van der Waals surface area contributed by atoms with Crippen molar-refractivity contribution >= 4 is 23.0 Å². The van der Waals surface area contributed by atoms with Gasteiger partial charge in [-0.2, -0.15) is 14.9 Å². The third-order valence-corrected chi connectivity index (χ3v) is 4.57. The Kier molecular flexibility index (Phi) is 4.14. The van der Waals surface area contributed by atoms with Gasteiger partial charge in [0.2, 0.25) is 6.79 Å². The monoisotopic (exact) mass is 408 g/mol. The molecule has 0 fully saturated rings. The van der Waals surface area contributed by atoms with Gasteiger partial charge >= 0.3 is 0 Å². The van der Waals surface area contributed by atoms with Crippen LogP contribution in [0.4, 0.5) is 11.4 Å². The van der Waals surface area contributed by atoms with E-state index in [1.807, 2.05) is 6.07 Å². The Balaban J connectivity index is 1.61. The minimum atomic E-state index is -0.372. The van der Waals surface area contributed by atoms with Crippen LogP contribution in [0.25, 0.3) is 11.4 Å². The van der Waals surface area contributed by atoms with Gasteiger partial charge in [-0.25, -0.2) is 9.67 Å². The Morgan fingerprint density at radius 2 is 1.86 bits per heavy atom. The van der Waals surface area contributed by atoms with Crippen LogP contribution in [0.2, 0.25) is 5.02 Å². The highest BCUT2D eigenvalue weighted by Gasteiger charge is 2.18. The zero-order valence-electron chi connectivity index (χ0n) is 14.8. The van der Waals surface area contributed by atoms with Crippen molar-refractivity contribution in [3.8, 4) is 22.9 Å². The van der Waals surface area contributed by atoms with E-state index in [1.54, 1.807) is 42.6 Å². The van der Waals surface area contributed by atoms with Crippen molar-refractivity contribution in [2.24, 2.45) is 0 Å². The highest BCUT2D eigenvalue weighted by Crippen LogP contribution is 2.35. The summed E-state index contributed by atoms with van der Waals surface area (Å²) in [6.07, 6.45) is 4.36. The van der Waals surface area contributed by atoms with E-state index in [0.29, 0.717) is 33.6 Å². The molecule has 1 aliphatic rings. The van der Waals surface area contributed by atoms with Gasteiger partial charge in [0.05, 0.1) is 17.6 Å². The number of hydrogen-bond donors (Lipinski definition) is 1. The molecule has 10 heteroatoms. The zero-order valence-corrected chi connectivity index (χ0v) is 15.6. The lowest BCUT2D eigenvalue weighted by Gasteiger charge is -2.14. The highest BCUT2D eigenvalue weighted by molar-refractivity contribution is 6.30. The van der Waals surface area contributed by atoms with Crippen molar-refractivity contribution in [3.05, 3.63) is 76.7 Å². The summed E-state index contributed by atoms with van der Waals surface area (Å²) in [5.41, 5.74) is 1.65. The van der Waals surface area contributed by atoms with Gasteiger partial charge in [-0.3, -0.25) is 4.79 Å². The Morgan fingerprint density at radius 1 is 1.03 bits per heavy atom. The number of fused-ring (bicyclic) bond motifs is 1. The van der Waals surface area contributed by atoms with Gasteiger partial charge in [0.25, 0.3) is 5.56 Å². The quantitative estimate of drug-likeness (QED) is 0.554. The number of anilines is 2. The summed E-state index contributed by atoms with van der Waals surface area (Å²) in [6, 6.07) is 12.2. The summed E-state index contributed by atoms with van der Waals surface area (Å²) in [5, 5.41) is 12.2. The molecule has 0 saturated heterocycles. The second-order valence-electron chi connectivity index (χ2n) is 6.13. The molecule has 0 unspecified atom stereocenters. The molecule has 0 amide bonds. The molecule has 0 saturated carbocycles. The topological polar surface area (TPSA) is 96.1 Å². The van der Waals surface area contributed by atoms with Crippen LogP contribution in [0.3, 0.4) is 0 Å². The van der Waals surface area contributed by atoms with Crippen LogP contribution in [0.15, 0.2) is 66.1 Å². The standard InChI is InChI=1S/C19H13ClN6O3/c20-12-1-4-14(5-2-12)26-19(27)18(25-10-21-9-23-25)15(8-22-26)24-13-3-6-16-17(7-13)29-11-28-16/h1-10,24H,11H2. The van der Waals surface area contributed by atoms with Crippen molar-refractivity contribution in [1.29, 1.82) is 0 Å². The van der Waals surface area contributed by atoms with Crippen LogP contribution in [-0.4, -0.2) is 31.3 Å². The van der Waals surface area contributed by atoms with Crippen LogP contribution >= 0.6 is 11.6 Å². The van der Waals surface area contributed by atoms with E-state index in [1.165, 1.54) is 22.0 Å². The molecule has 29 heavy (non-hydrogen) atoms. The number of ether oxygens (including phenoxy) is 2. The van der Waals surface area contributed by atoms with Crippen molar-refractivity contribution in [2.75, 3.05) is 12.1 Å². The fraction of sp³-hybridized carbons (Fsp3) is 0.0526. The summed E-state index contributed by atoms with van der Waals surface area (Å²) in [5.74, 6) is 1.29. The lowest BCUT2D eigenvalue weighted by Crippen LogP contribution is -2.26. The highest BCUT2D eigenvalue weighted by atomic mass is 35.5. The van der Waals surface area contributed by atoms with Gasteiger partial charge in [-0.15, -0.1) is 0 Å². The fourth-order valence-electron chi connectivity index (χ4n) is 2.98. The fourth-order valence-corrected chi connectivity index (χ4v) is 3.10. The molecule has 0 bridgehead atoms. The molecule has 144 valence electrons. The molecule has 1 N–H and O–H groups in total. The normalized spacial score (nSPS) is 12.2. The molecule has 4 aromatic rings. The first kappa shape index (κ1) is 17.3. The van der Waals surface area contributed by atoms with Crippen molar-refractivity contribution in [2.45, 2.75) is 0 Å². The van der Waals surface area contributed by atoms with Crippen LogP contribution in [0.5, 0.6) is 11.5 Å². The lowest BCUT2D eigenvalue weighted by molar-refractivity contribution is 0.174. The maximum atomic E-state index is 13.2. The van der Waals surface area contributed by atoms with Gasteiger partial charge in [0.1, 0.15) is 12.7 Å². The average molecular weight is 409 g/mol. The number of nitrogens with one attached hydrogen (secondary N) is 1. The molecular weight excluding hydrogens is 396 g/mol. The van der Waals surface area contributed by atoms with E-state index in [0.717, 1.165) is 0 Å². The molecule has 5 rings (SSSR count). The number of rotatable bonds is 4. The maximum Gasteiger partial charge on any atom is 0.299 e. The Bertz CT molecular complexity index is 1240. The lowest BCUT2D eigenvalue weighted by atomic mass is 10.2. The van der Waals surface area contributed by atoms with Gasteiger partial charge in [-0.1, -0.05) is 11.6 Å². The molecule has 3 heterocycles. The van der Waals surface area contributed by atoms with E-state index >= 15 is 0 Å². The van der Waals surface area contributed by atoms with Crippen LogP contribution in [-0.2, 0) is 0 Å². The Morgan fingerprint density at radius 3 is 2.66 bits per heavy atom. The van der Waals surface area contributed by atoms with Gasteiger partial charge in [-0.05, 0) is 36.4 Å². The number of halogens is 1. The first-order chi connectivity index (χ1) is 14.2. The second-order valence-corrected chi connectivity index (χ2v) is 6.57. The minimum absolute atomic E-state index is 0.182. The third kappa shape index (κ3) is 3.17. The average Bonchev–Trinajstić information content (AvgIpc) is 3.41. The number of benzene rings is 2. The van der Waals surface area contributed by atoms with Crippen LogP contribution in [0.1, 0.15) is 0 Å². The van der Waals surface area contributed by atoms with E-state index in [2.05, 4.69) is 20.5 Å². The summed E-state index contributed by atoms with van der Waals surface area (Å²) >= 11 is 5.95. The summed E-state index contributed by atoms with van der Waals surface area (Å²) < 4.78 is 13.4. The Labute approximate surface area is 169 Å². The van der Waals surface area contributed by atoms with Gasteiger partial charge in [0, 0.05) is 16.8 Å². The smallest absolute Gasteiger partial charge is 0.299 e. The molecule has 0 atom stereocenters. The molecule has 9 nitrogen and oxygen atoms in total. The molecule has 0 aliphatic carbocycles. The number of aromatic nitrogens is 5. The maximum absolute atomic E-state index is 13.2. The van der Waals surface area contributed by atoms with Crippen molar-refractivity contribution in [1.82, 2.24) is 24.5 Å². The molecule has 1 aliphatic heterocycles. The molecule has 0 radical (unpaired) electrons. The van der Waals surface area contributed by atoms with E-state index in [-0.39, 0.29) is 18.0 Å². The predicted octanol–water partition coefficient (Wildman–Crippen LogP) is 2.94. The first-order valence-corrected chi connectivity index (χ1v) is 8.97. The zero-order chi connectivity index (χ0) is 19.8. The SMILES string of the molecule is O=c1c(-n2cncn2)c(Nc2ccc3c(c2)OCO3)cnn1-c1ccc(Cl)cc1. The van der Waals surface area contributed by atoms with E-state index in [4.69, 9.17) is 21.1 Å².